The SMILES string of the molecule is C[C@H](COCc1cc(F)cc([N+](=O)[O-])c1)NC(=O)c1cnn2c3c(c(Cl)nc12)CCN3. The summed E-state index contributed by atoms with van der Waals surface area (Å²) in [7, 11) is 0. The first kappa shape index (κ1) is 20.9. The first-order chi connectivity index (χ1) is 14.8. The molecule has 10 nitrogen and oxygen atoms in total. The zero-order chi connectivity index (χ0) is 22.1. The fourth-order valence-electron chi connectivity index (χ4n) is 3.39. The number of ether oxygens (including phenoxy) is 1. The standard InChI is InChI=1S/C19H18ClFN6O4/c1-10(8-31-9-11-4-12(21)6-13(5-11)27(29)30)24-19(28)15-7-23-26-17-14(2-3-22-17)16(20)25-18(15)26/h4-7,10,22H,2-3,8-9H2,1H3,(H,24,28)/t10-/m1/s1. The second-order valence-corrected chi connectivity index (χ2v) is 7.52. The molecule has 3 heterocycles. The van der Waals surface area contributed by atoms with Gasteiger partial charge >= 0.3 is 0 Å². The lowest BCUT2D eigenvalue weighted by Crippen LogP contribution is -2.35. The Morgan fingerprint density at radius 3 is 3.06 bits per heavy atom. The van der Waals surface area contributed by atoms with E-state index in [0.29, 0.717) is 16.4 Å². The fourth-order valence-corrected chi connectivity index (χ4v) is 3.65. The van der Waals surface area contributed by atoms with Crippen LogP contribution in [0.15, 0.2) is 24.4 Å². The van der Waals surface area contributed by atoms with Crippen molar-refractivity contribution < 1.29 is 18.8 Å². The molecule has 2 N–H and O–H groups in total. The summed E-state index contributed by atoms with van der Waals surface area (Å²) < 4.78 is 20.5. The first-order valence-electron chi connectivity index (χ1n) is 9.46. The van der Waals surface area contributed by atoms with Gasteiger partial charge in [0.2, 0.25) is 0 Å². The van der Waals surface area contributed by atoms with Gasteiger partial charge < -0.3 is 15.4 Å². The number of carbonyl (C=O) groups is 1. The highest BCUT2D eigenvalue weighted by Crippen LogP contribution is 2.29. The summed E-state index contributed by atoms with van der Waals surface area (Å²) in [6.07, 6.45) is 2.16. The van der Waals surface area contributed by atoms with Crippen LogP contribution in [0.25, 0.3) is 5.65 Å². The number of halogens is 2. The summed E-state index contributed by atoms with van der Waals surface area (Å²) >= 11 is 6.24. The fraction of sp³-hybridized carbons (Fsp3) is 0.316. The molecule has 3 aromatic rings. The highest BCUT2D eigenvalue weighted by molar-refractivity contribution is 6.30. The van der Waals surface area contributed by atoms with Crippen LogP contribution in [-0.2, 0) is 17.8 Å². The van der Waals surface area contributed by atoms with Crippen molar-refractivity contribution in [2.45, 2.75) is 26.0 Å². The molecule has 0 fully saturated rings. The Kier molecular flexibility index (Phi) is 5.70. The number of nitrogens with one attached hydrogen (secondary N) is 2. The van der Waals surface area contributed by atoms with Gasteiger partial charge in [-0.1, -0.05) is 11.6 Å². The largest absolute Gasteiger partial charge is 0.375 e. The second-order valence-electron chi connectivity index (χ2n) is 7.16. The minimum atomic E-state index is -0.714. The number of nitrogens with zero attached hydrogens (tertiary/aromatic N) is 4. The maximum atomic E-state index is 13.5. The van der Waals surface area contributed by atoms with Crippen LogP contribution in [0.2, 0.25) is 5.15 Å². The number of nitro groups is 1. The third-order valence-corrected chi connectivity index (χ3v) is 5.09. The summed E-state index contributed by atoms with van der Waals surface area (Å²) in [5, 5.41) is 21.4. The molecule has 1 aliphatic heterocycles. The van der Waals surface area contributed by atoms with E-state index < -0.39 is 22.7 Å². The van der Waals surface area contributed by atoms with E-state index >= 15 is 0 Å². The van der Waals surface area contributed by atoms with Gasteiger partial charge in [-0.15, -0.1) is 0 Å². The third kappa shape index (κ3) is 4.28. The van der Waals surface area contributed by atoms with Gasteiger partial charge in [0, 0.05) is 24.2 Å². The van der Waals surface area contributed by atoms with Crippen molar-refractivity contribution in [3.63, 3.8) is 0 Å². The molecule has 0 aliphatic carbocycles. The van der Waals surface area contributed by atoms with Gasteiger partial charge in [-0.3, -0.25) is 14.9 Å². The normalized spacial score (nSPS) is 13.6. The number of aromatic nitrogens is 3. The number of benzene rings is 1. The van der Waals surface area contributed by atoms with Gasteiger partial charge in [-0.05, 0) is 25.0 Å². The molecular weight excluding hydrogens is 431 g/mol. The molecule has 0 radical (unpaired) electrons. The molecule has 0 spiro atoms. The molecule has 1 aliphatic rings. The zero-order valence-electron chi connectivity index (χ0n) is 16.4. The molecule has 1 aromatic carbocycles. The van der Waals surface area contributed by atoms with Crippen LogP contribution in [0.3, 0.4) is 0 Å². The predicted octanol–water partition coefficient (Wildman–Crippen LogP) is 2.73. The Morgan fingerprint density at radius 2 is 2.29 bits per heavy atom. The number of hydrogen-bond donors (Lipinski definition) is 2. The summed E-state index contributed by atoms with van der Waals surface area (Å²) in [6, 6.07) is 2.85. The molecule has 4 rings (SSSR count). The number of fused-ring (bicyclic) bond motifs is 3. The van der Waals surface area contributed by atoms with Gasteiger partial charge in [0.1, 0.15) is 22.4 Å². The minimum Gasteiger partial charge on any atom is -0.375 e. The average Bonchev–Trinajstić information content (AvgIpc) is 3.34. The van der Waals surface area contributed by atoms with Crippen LogP contribution in [0.1, 0.15) is 28.4 Å². The Morgan fingerprint density at radius 1 is 1.48 bits per heavy atom. The van der Waals surface area contributed by atoms with E-state index in [1.165, 1.54) is 12.3 Å². The molecule has 2 aromatic heterocycles. The van der Waals surface area contributed by atoms with Crippen molar-refractivity contribution in [3.8, 4) is 0 Å². The van der Waals surface area contributed by atoms with Crippen LogP contribution in [0.4, 0.5) is 15.9 Å². The molecule has 12 heteroatoms. The second kappa shape index (κ2) is 8.44. The van der Waals surface area contributed by atoms with Gasteiger partial charge in [0.25, 0.3) is 11.6 Å². The molecule has 0 unspecified atom stereocenters. The summed E-state index contributed by atoms with van der Waals surface area (Å²) in [5.74, 6) is -0.377. The van der Waals surface area contributed by atoms with Crippen molar-refractivity contribution in [1.29, 1.82) is 0 Å². The van der Waals surface area contributed by atoms with E-state index in [1.54, 1.807) is 11.4 Å². The molecule has 1 amide bonds. The highest BCUT2D eigenvalue weighted by atomic mass is 35.5. The number of anilines is 1. The highest BCUT2D eigenvalue weighted by Gasteiger charge is 2.24. The topological polar surface area (TPSA) is 124 Å². The monoisotopic (exact) mass is 448 g/mol. The van der Waals surface area contributed by atoms with Gasteiger partial charge in [0.15, 0.2) is 5.65 Å². The lowest BCUT2D eigenvalue weighted by atomic mass is 10.2. The minimum absolute atomic E-state index is 0.0372. The van der Waals surface area contributed by atoms with E-state index in [9.17, 15) is 19.3 Å². The predicted molar refractivity (Wildman–Crippen MR) is 110 cm³/mol. The first-order valence-corrected chi connectivity index (χ1v) is 9.83. The van der Waals surface area contributed by atoms with E-state index in [0.717, 1.165) is 36.5 Å². The van der Waals surface area contributed by atoms with Gasteiger partial charge in [0.05, 0.1) is 30.4 Å². The Bertz CT molecular complexity index is 1180. The quantitative estimate of drug-likeness (QED) is 0.323. The number of non-ortho nitro benzene ring substituents is 1. The molecule has 1 atom stereocenters. The van der Waals surface area contributed by atoms with Crippen molar-refractivity contribution in [1.82, 2.24) is 19.9 Å². The lowest BCUT2D eigenvalue weighted by molar-refractivity contribution is -0.385. The van der Waals surface area contributed by atoms with E-state index in [-0.39, 0.29) is 24.5 Å². The Labute approximate surface area is 180 Å². The number of amides is 1. The van der Waals surface area contributed by atoms with E-state index in [2.05, 4.69) is 20.7 Å². The smallest absolute Gasteiger partial charge is 0.272 e. The molecule has 0 saturated heterocycles. The van der Waals surface area contributed by atoms with Crippen LogP contribution in [0, 0.1) is 15.9 Å². The van der Waals surface area contributed by atoms with Gasteiger partial charge in [-0.25, -0.2) is 9.37 Å². The van der Waals surface area contributed by atoms with Gasteiger partial charge in [-0.2, -0.15) is 9.61 Å². The zero-order valence-corrected chi connectivity index (χ0v) is 17.1. The van der Waals surface area contributed by atoms with Crippen LogP contribution >= 0.6 is 11.6 Å². The maximum absolute atomic E-state index is 13.5. The van der Waals surface area contributed by atoms with E-state index in [4.69, 9.17) is 16.3 Å². The molecule has 31 heavy (non-hydrogen) atoms. The Balaban J connectivity index is 1.38. The number of rotatable bonds is 7. The van der Waals surface area contributed by atoms with Crippen LogP contribution in [0.5, 0.6) is 0 Å². The number of hydrogen-bond acceptors (Lipinski definition) is 7. The Hall–Kier alpha value is -3.31. The van der Waals surface area contributed by atoms with E-state index in [1.807, 2.05) is 0 Å². The van der Waals surface area contributed by atoms with Crippen molar-refractivity contribution in [2.75, 3.05) is 18.5 Å². The maximum Gasteiger partial charge on any atom is 0.272 e. The van der Waals surface area contributed by atoms with Crippen molar-refractivity contribution >= 4 is 34.7 Å². The van der Waals surface area contributed by atoms with Crippen LogP contribution in [-0.4, -0.2) is 44.6 Å². The lowest BCUT2D eigenvalue weighted by Gasteiger charge is -2.14. The third-order valence-electron chi connectivity index (χ3n) is 4.77. The van der Waals surface area contributed by atoms with Crippen LogP contribution < -0.4 is 10.6 Å². The summed E-state index contributed by atoms with van der Waals surface area (Å²) in [5.41, 5.74) is 1.46. The number of carbonyl (C=O) groups excluding carboxylic acids is 1. The summed E-state index contributed by atoms with van der Waals surface area (Å²) in [4.78, 5) is 27.2. The van der Waals surface area contributed by atoms with Crippen molar-refractivity contribution in [3.05, 3.63) is 62.2 Å². The summed E-state index contributed by atoms with van der Waals surface area (Å²) in [6.45, 7) is 2.53. The average molecular weight is 449 g/mol. The molecule has 0 bridgehead atoms. The van der Waals surface area contributed by atoms with Crippen molar-refractivity contribution in [2.24, 2.45) is 0 Å². The molecule has 162 valence electrons. The number of nitro benzene ring substituents is 1. The molecule has 0 saturated carbocycles. The molecular formula is C19H18ClFN6O4.